The molecular formula is C13H21N2O5P. The highest BCUT2D eigenvalue weighted by Gasteiger charge is 2.39. The fourth-order valence-electron chi connectivity index (χ4n) is 2.24. The average Bonchev–Trinajstić information content (AvgIpc) is 2.51. The van der Waals surface area contributed by atoms with Crippen molar-refractivity contribution < 1.29 is 18.5 Å². The van der Waals surface area contributed by atoms with Crippen LogP contribution in [0.1, 0.15) is 25.2 Å². The Bertz CT molecular complexity index is 525. The minimum Gasteiger partial charge on any atom is -0.311 e. The van der Waals surface area contributed by atoms with Gasteiger partial charge in [-0.3, -0.25) is 19.6 Å². The van der Waals surface area contributed by atoms with Crippen LogP contribution in [0.2, 0.25) is 0 Å². The van der Waals surface area contributed by atoms with Crippen LogP contribution >= 0.6 is 7.60 Å². The monoisotopic (exact) mass is 316 g/mol. The van der Waals surface area contributed by atoms with E-state index in [9.17, 15) is 14.7 Å². The van der Waals surface area contributed by atoms with Gasteiger partial charge in [-0.15, -0.1) is 0 Å². The molecule has 0 amide bonds. The van der Waals surface area contributed by atoms with Crippen molar-refractivity contribution in [3.8, 4) is 0 Å². The number of hydrogen-bond acceptors (Lipinski definition) is 6. The van der Waals surface area contributed by atoms with Crippen LogP contribution in [0, 0.1) is 10.1 Å². The maximum Gasteiger partial charge on any atom is 0.351 e. The van der Waals surface area contributed by atoms with Crippen molar-refractivity contribution in [2.75, 3.05) is 27.3 Å². The molecule has 1 atom stereocenters. The van der Waals surface area contributed by atoms with Crippen LogP contribution in [0.15, 0.2) is 24.3 Å². The van der Waals surface area contributed by atoms with Gasteiger partial charge in [0.1, 0.15) is 5.78 Å². The van der Waals surface area contributed by atoms with Gasteiger partial charge in [-0.25, -0.2) is 0 Å². The third-order valence-electron chi connectivity index (χ3n) is 3.35. The van der Waals surface area contributed by atoms with E-state index in [0.29, 0.717) is 18.7 Å². The lowest BCUT2D eigenvalue weighted by Gasteiger charge is -2.33. The van der Waals surface area contributed by atoms with Crippen molar-refractivity contribution in [1.82, 2.24) is 4.90 Å². The number of non-ortho nitro benzene ring substituents is 1. The minimum atomic E-state index is -3.45. The van der Waals surface area contributed by atoms with E-state index in [2.05, 4.69) is 0 Å². The first-order chi connectivity index (χ1) is 9.93. The molecule has 0 bridgehead atoms. The van der Waals surface area contributed by atoms with Gasteiger partial charge in [0.25, 0.3) is 5.69 Å². The molecule has 21 heavy (non-hydrogen) atoms. The number of rotatable bonds is 8. The summed E-state index contributed by atoms with van der Waals surface area (Å²) in [5.74, 6) is -0.678. The molecule has 0 aliphatic heterocycles. The molecule has 0 heterocycles. The molecule has 0 fully saturated rings. The lowest BCUT2D eigenvalue weighted by molar-refractivity contribution is -0.384. The molecule has 0 radical (unpaired) electrons. The SMILES string of the molecule is CCN(CC)C(c1cccc([N+](=O)[O-])c1)P(=O)(OC)OC. The predicted octanol–water partition coefficient (Wildman–Crippen LogP) is 3.42. The summed E-state index contributed by atoms with van der Waals surface area (Å²) in [7, 11) is -0.814. The minimum absolute atomic E-state index is 0.0524. The van der Waals surface area contributed by atoms with E-state index in [-0.39, 0.29) is 5.69 Å². The van der Waals surface area contributed by atoms with Crippen LogP contribution in [-0.2, 0) is 13.6 Å². The molecule has 0 spiro atoms. The van der Waals surface area contributed by atoms with Crippen LogP contribution in [0.4, 0.5) is 5.69 Å². The van der Waals surface area contributed by atoms with Crippen LogP contribution < -0.4 is 0 Å². The van der Waals surface area contributed by atoms with Gasteiger partial charge in [-0.05, 0) is 18.7 Å². The lowest BCUT2D eigenvalue weighted by atomic mass is 10.2. The molecule has 8 heteroatoms. The van der Waals surface area contributed by atoms with Gasteiger partial charge in [-0.2, -0.15) is 0 Å². The van der Waals surface area contributed by atoms with Crippen LogP contribution in [-0.4, -0.2) is 37.1 Å². The van der Waals surface area contributed by atoms with Gasteiger partial charge in [0.15, 0.2) is 0 Å². The summed E-state index contributed by atoms with van der Waals surface area (Å²) in [6, 6.07) is 6.07. The Balaban J connectivity index is 3.40. The normalized spacial score (nSPS) is 13.4. The van der Waals surface area contributed by atoms with Crippen LogP contribution in [0.3, 0.4) is 0 Å². The number of nitro groups is 1. The Labute approximate surface area is 124 Å². The highest BCUT2D eigenvalue weighted by molar-refractivity contribution is 7.54. The highest BCUT2D eigenvalue weighted by Crippen LogP contribution is 2.61. The Morgan fingerprint density at radius 1 is 1.29 bits per heavy atom. The Hall–Kier alpha value is -1.27. The molecule has 7 nitrogen and oxygen atoms in total. The summed E-state index contributed by atoms with van der Waals surface area (Å²) in [4.78, 5) is 12.4. The fraction of sp³-hybridized carbons (Fsp3) is 0.538. The van der Waals surface area contributed by atoms with Gasteiger partial charge >= 0.3 is 7.60 Å². The lowest BCUT2D eigenvalue weighted by Crippen LogP contribution is -2.29. The zero-order chi connectivity index (χ0) is 16.0. The van der Waals surface area contributed by atoms with Crippen molar-refractivity contribution in [1.29, 1.82) is 0 Å². The first-order valence-corrected chi connectivity index (χ1v) is 8.24. The zero-order valence-electron chi connectivity index (χ0n) is 12.7. The van der Waals surface area contributed by atoms with Gasteiger partial charge in [0.2, 0.25) is 0 Å². The maximum absolute atomic E-state index is 12.8. The fourth-order valence-corrected chi connectivity index (χ4v) is 4.04. The number of nitro benzene ring substituents is 1. The molecule has 1 aromatic rings. The molecule has 0 saturated heterocycles. The topological polar surface area (TPSA) is 81.9 Å². The Kier molecular flexibility index (Phi) is 6.48. The van der Waals surface area contributed by atoms with E-state index in [0.717, 1.165) is 0 Å². The van der Waals surface area contributed by atoms with Gasteiger partial charge in [-0.1, -0.05) is 26.0 Å². The van der Waals surface area contributed by atoms with E-state index in [1.807, 2.05) is 18.7 Å². The first-order valence-electron chi connectivity index (χ1n) is 6.63. The van der Waals surface area contributed by atoms with E-state index < -0.39 is 18.3 Å². The molecule has 1 aromatic carbocycles. The summed E-state index contributed by atoms with van der Waals surface area (Å²) < 4.78 is 23.1. The summed E-state index contributed by atoms with van der Waals surface area (Å²) in [6.45, 7) is 5.06. The molecular weight excluding hydrogens is 295 g/mol. The number of nitrogens with zero attached hydrogens (tertiary/aromatic N) is 2. The number of benzene rings is 1. The summed E-state index contributed by atoms with van der Waals surface area (Å²) in [5, 5.41) is 10.9. The molecule has 0 aliphatic rings. The largest absolute Gasteiger partial charge is 0.351 e. The average molecular weight is 316 g/mol. The third-order valence-corrected chi connectivity index (χ3v) is 5.59. The molecule has 0 N–H and O–H groups in total. The second kappa shape index (κ2) is 7.66. The van der Waals surface area contributed by atoms with E-state index >= 15 is 0 Å². The van der Waals surface area contributed by atoms with Crippen LogP contribution in [0.5, 0.6) is 0 Å². The van der Waals surface area contributed by atoms with E-state index in [4.69, 9.17) is 9.05 Å². The predicted molar refractivity (Wildman–Crippen MR) is 80.4 cm³/mol. The Morgan fingerprint density at radius 2 is 1.86 bits per heavy atom. The quantitative estimate of drug-likeness (QED) is 0.415. The molecule has 1 rings (SSSR count). The molecule has 0 aliphatic carbocycles. The summed E-state index contributed by atoms with van der Waals surface area (Å²) >= 11 is 0. The van der Waals surface area contributed by atoms with Crippen molar-refractivity contribution >= 4 is 13.3 Å². The van der Waals surface area contributed by atoms with Crippen LogP contribution in [0.25, 0.3) is 0 Å². The maximum atomic E-state index is 12.8. The van der Waals surface area contributed by atoms with Crippen molar-refractivity contribution in [2.24, 2.45) is 0 Å². The van der Waals surface area contributed by atoms with E-state index in [1.54, 1.807) is 12.1 Å². The molecule has 0 aromatic heterocycles. The highest BCUT2D eigenvalue weighted by atomic mass is 31.2. The molecule has 1 unspecified atom stereocenters. The second-order valence-corrected chi connectivity index (χ2v) is 6.65. The van der Waals surface area contributed by atoms with E-state index in [1.165, 1.54) is 26.4 Å². The Morgan fingerprint density at radius 3 is 2.29 bits per heavy atom. The first kappa shape index (κ1) is 17.8. The second-order valence-electron chi connectivity index (χ2n) is 4.35. The zero-order valence-corrected chi connectivity index (χ0v) is 13.6. The van der Waals surface area contributed by atoms with Crippen molar-refractivity contribution in [3.05, 3.63) is 39.9 Å². The molecule has 118 valence electrons. The smallest absolute Gasteiger partial charge is 0.311 e. The molecule has 0 saturated carbocycles. The van der Waals surface area contributed by atoms with Gasteiger partial charge in [0, 0.05) is 26.4 Å². The summed E-state index contributed by atoms with van der Waals surface area (Å²) in [5.41, 5.74) is 0.489. The third kappa shape index (κ3) is 3.89. The van der Waals surface area contributed by atoms with Gasteiger partial charge < -0.3 is 9.05 Å². The standard InChI is InChI=1S/C13H21N2O5P/c1-5-14(6-2)13(21(18,19-3)20-4)11-8-7-9-12(10-11)15(16)17/h7-10,13H,5-6H2,1-4H3. The van der Waals surface area contributed by atoms with Crippen molar-refractivity contribution in [3.63, 3.8) is 0 Å². The van der Waals surface area contributed by atoms with Crippen molar-refractivity contribution in [2.45, 2.75) is 19.6 Å². The summed E-state index contributed by atoms with van der Waals surface area (Å²) in [6.07, 6.45) is 0. The number of hydrogen-bond donors (Lipinski definition) is 0. The van der Waals surface area contributed by atoms with Gasteiger partial charge in [0.05, 0.1) is 4.92 Å².